The van der Waals surface area contributed by atoms with Gasteiger partial charge in [0.2, 0.25) is 0 Å². The van der Waals surface area contributed by atoms with Gasteiger partial charge in [0.15, 0.2) is 5.82 Å². The van der Waals surface area contributed by atoms with Crippen LogP contribution in [-0.2, 0) is 13.1 Å². The number of hydrogen-bond acceptors (Lipinski definition) is 4. The van der Waals surface area contributed by atoms with Gasteiger partial charge >= 0.3 is 0 Å². The van der Waals surface area contributed by atoms with Gasteiger partial charge in [-0.05, 0) is 28.4 Å². The molecule has 18 heavy (non-hydrogen) atoms. The predicted octanol–water partition coefficient (Wildman–Crippen LogP) is 3.09. The second-order valence-corrected chi connectivity index (χ2v) is 5.77. The summed E-state index contributed by atoms with van der Waals surface area (Å²) < 4.78 is 2.74. The summed E-state index contributed by atoms with van der Waals surface area (Å²) in [6, 6.07) is 2.03. The second-order valence-electron chi connectivity index (χ2n) is 3.86. The number of nitrogens with one attached hydrogen (secondary N) is 1. The summed E-state index contributed by atoms with van der Waals surface area (Å²) in [5, 5.41) is 5.11. The molecule has 2 rings (SSSR count). The van der Waals surface area contributed by atoms with Crippen molar-refractivity contribution in [3.05, 3.63) is 43.5 Å². The van der Waals surface area contributed by atoms with E-state index in [1.807, 2.05) is 18.4 Å². The van der Waals surface area contributed by atoms with Crippen molar-refractivity contribution >= 4 is 33.1 Å². The van der Waals surface area contributed by atoms with Crippen molar-refractivity contribution in [2.24, 2.45) is 0 Å². The topological polar surface area (TPSA) is 46.9 Å². The quantitative estimate of drug-likeness (QED) is 0.917. The largest absolute Gasteiger partial charge is 0.361 e. The van der Waals surface area contributed by atoms with E-state index in [-0.39, 0.29) is 5.56 Å². The summed E-state index contributed by atoms with van der Waals surface area (Å²) in [6.07, 6.45) is 4.31. The number of hydrogen-bond donors (Lipinski definition) is 1. The van der Waals surface area contributed by atoms with E-state index in [9.17, 15) is 4.79 Å². The van der Waals surface area contributed by atoms with Gasteiger partial charge < -0.3 is 9.88 Å². The summed E-state index contributed by atoms with van der Waals surface area (Å²) >= 11 is 5.05. The van der Waals surface area contributed by atoms with Gasteiger partial charge in [-0.25, -0.2) is 4.98 Å². The molecule has 0 saturated heterocycles. The zero-order valence-electron chi connectivity index (χ0n) is 10.0. The van der Waals surface area contributed by atoms with Crippen LogP contribution in [0, 0.1) is 0 Å². The maximum absolute atomic E-state index is 12.0. The Morgan fingerprint density at radius 1 is 1.56 bits per heavy atom. The monoisotopic (exact) mass is 327 g/mol. The zero-order chi connectivity index (χ0) is 13.0. The number of rotatable bonds is 5. The smallest absolute Gasteiger partial charge is 0.293 e. The fourth-order valence-electron chi connectivity index (χ4n) is 1.60. The number of nitrogens with zero attached hydrogens (tertiary/aromatic N) is 2. The Labute approximate surface area is 118 Å². The summed E-state index contributed by atoms with van der Waals surface area (Å²) in [4.78, 5) is 17.3. The first-order chi connectivity index (χ1) is 8.70. The zero-order valence-corrected chi connectivity index (χ0v) is 12.4. The highest BCUT2D eigenvalue weighted by Crippen LogP contribution is 2.20. The molecule has 2 aromatic rings. The molecule has 0 radical (unpaired) electrons. The molecule has 0 atom stereocenters. The highest BCUT2D eigenvalue weighted by atomic mass is 79.9. The van der Waals surface area contributed by atoms with Gasteiger partial charge in [0, 0.05) is 33.7 Å². The average molecular weight is 328 g/mol. The fourth-order valence-corrected chi connectivity index (χ4v) is 2.99. The minimum absolute atomic E-state index is 0.0602. The molecule has 2 aromatic heterocycles. The molecule has 0 saturated carbocycles. The van der Waals surface area contributed by atoms with E-state index in [1.54, 1.807) is 28.3 Å². The van der Waals surface area contributed by atoms with Gasteiger partial charge in [-0.15, -0.1) is 11.3 Å². The summed E-state index contributed by atoms with van der Waals surface area (Å²) in [5.41, 5.74) is -0.0602. The van der Waals surface area contributed by atoms with E-state index >= 15 is 0 Å². The molecular weight excluding hydrogens is 314 g/mol. The van der Waals surface area contributed by atoms with E-state index in [0.717, 1.165) is 22.3 Å². The maximum atomic E-state index is 12.0. The van der Waals surface area contributed by atoms with Crippen molar-refractivity contribution in [1.82, 2.24) is 9.55 Å². The Hall–Kier alpha value is -1.14. The molecular formula is C12H14BrN3OS. The molecule has 2 heterocycles. The number of aromatic nitrogens is 2. The number of thiophene rings is 1. The van der Waals surface area contributed by atoms with E-state index in [1.165, 1.54) is 0 Å². The standard InChI is InChI=1S/C12H14BrN3OS/c1-2-4-16-5-3-14-11(12(16)17)15-7-10-6-9(13)8-18-10/h3,5-6,8H,2,4,7H2,1H3,(H,14,15). The van der Waals surface area contributed by atoms with Crippen LogP contribution >= 0.6 is 27.3 Å². The Bertz CT molecular complexity index is 579. The molecule has 0 bridgehead atoms. The van der Waals surface area contributed by atoms with E-state index < -0.39 is 0 Å². The lowest BCUT2D eigenvalue weighted by atomic mass is 10.4. The lowest BCUT2D eigenvalue weighted by molar-refractivity contribution is 0.649. The predicted molar refractivity (Wildman–Crippen MR) is 78.1 cm³/mol. The Morgan fingerprint density at radius 2 is 2.39 bits per heavy atom. The molecule has 0 fully saturated rings. The molecule has 96 valence electrons. The normalized spacial score (nSPS) is 10.6. The van der Waals surface area contributed by atoms with Gasteiger partial charge in [0.05, 0.1) is 6.54 Å². The van der Waals surface area contributed by atoms with Crippen molar-refractivity contribution in [3.63, 3.8) is 0 Å². The van der Waals surface area contributed by atoms with Gasteiger partial charge in [0.1, 0.15) is 0 Å². The third-order valence-corrected chi connectivity index (χ3v) is 4.13. The highest BCUT2D eigenvalue weighted by Gasteiger charge is 2.04. The molecule has 0 aliphatic carbocycles. The van der Waals surface area contributed by atoms with Crippen LogP contribution in [0.3, 0.4) is 0 Å². The van der Waals surface area contributed by atoms with Crippen LogP contribution in [0.4, 0.5) is 5.82 Å². The average Bonchev–Trinajstić information content (AvgIpc) is 2.77. The van der Waals surface area contributed by atoms with Crippen LogP contribution in [0.25, 0.3) is 0 Å². The number of halogens is 1. The first-order valence-corrected chi connectivity index (χ1v) is 7.40. The summed E-state index contributed by atoms with van der Waals surface area (Å²) in [6.45, 7) is 3.39. The molecule has 0 aromatic carbocycles. The fraction of sp³-hybridized carbons (Fsp3) is 0.333. The third kappa shape index (κ3) is 3.20. The first-order valence-electron chi connectivity index (χ1n) is 5.73. The van der Waals surface area contributed by atoms with Crippen LogP contribution in [-0.4, -0.2) is 9.55 Å². The number of aryl methyl sites for hydroxylation is 1. The van der Waals surface area contributed by atoms with Crippen LogP contribution < -0.4 is 10.9 Å². The van der Waals surface area contributed by atoms with Crippen LogP contribution in [0.15, 0.2) is 33.1 Å². The maximum Gasteiger partial charge on any atom is 0.293 e. The summed E-state index contributed by atoms with van der Waals surface area (Å²) in [5.74, 6) is 0.412. The molecule has 4 nitrogen and oxygen atoms in total. The van der Waals surface area contributed by atoms with Crippen molar-refractivity contribution in [2.45, 2.75) is 26.4 Å². The van der Waals surface area contributed by atoms with Gasteiger partial charge in [-0.1, -0.05) is 6.92 Å². The molecule has 0 spiro atoms. The van der Waals surface area contributed by atoms with Crippen molar-refractivity contribution in [1.29, 1.82) is 0 Å². The minimum atomic E-state index is -0.0602. The molecule has 0 unspecified atom stereocenters. The Kier molecular flexibility index (Phi) is 4.54. The highest BCUT2D eigenvalue weighted by molar-refractivity contribution is 9.10. The van der Waals surface area contributed by atoms with Gasteiger partial charge in [0.25, 0.3) is 5.56 Å². The minimum Gasteiger partial charge on any atom is -0.361 e. The third-order valence-electron chi connectivity index (χ3n) is 2.43. The first kappa shape index (κ1) is 13.3. The molecule has 6 heteroatoms. The van der Waals surface area contributed by atoms with Gasteiger partial charge in [-0.2, -0.15) is 0 Å². The summed E-state index contributed by atoms with van der Waals surface area (Å²) in [7, 11) is 0. The van der Waals surface area contributed by atoms with Crippen molar-refractivity contribution in [2.75, 3.05) is 5.32 Å². The molecule has 1 N–H and O–H groups in total. The Morgan fingerprint density at radius 3 is 3.06 bits per heavy atom. The van der Waals surface area contributed by atoms with E-state index in [0.29, 0.717) is 12.4 Å². The van der Waals surface area contributed by atoms with Gasteiger partial charge in [-0.3, -0.25) is 4.79 Å². The second kappa shape index (κ2) is 6.15. The van der Waals surface area contributed by atoms with Crippen molar-refractivity contribution < 1.29 is 0 Å². The van der Waals surface area contributed by atoms with Crippen LogP contribution in [0.1, 0.15) is 18.2 Å². The van der Waals surface area contributed by atoms with E-state index in [4.69, 9.17) is 0 Å². The lowest BCUT2D eigenvalue weighted by Gasteiger charge is -2.07. The number of anilines is 1. The molecule has 0 amide bonds. The Balaban J connectivity index is 2.09. The van der Waals surface area contributed by atoms with Crippen LogP contribution in [0.2, 0.25) is 0 Å². The van der Waals surface area contributed by atoms with E-state index in [2.05, 4.69) is 26.2 Å². The lowest BCUT2D eigenvalue weighted by Crippen LogP contribution is -2.24. The molecule has 0 aliphatic rings. The van der Waals surface area contributed by atoms with Crippen molar-refractivity contribution in [3.8, 4) is 0 Å². The SMILES string of the molecule is CCCn1ccnc(NCc2cc(Br)cs2)c1=O. The van der Waals surface area contributed by atoms with Crippen LogP contribution in [0.5, 0.6) is 0 Å². The molecule has 0 aliphatic heterocycles.